The van der Waals surface area contributed by atoms with Crippen LogP contribution in [0.2, 0.25) is 0 Å². The van der Waals surface area contributed by atoms with Crippen LogP contribution in [-0.2, 0) is 14.8 Å². The van der Waals surface area contributed by atoms with Gasteiger partial charge in [0.1, 0.15) is 0 Å². The van der Waals surface area contributed by atoms with Crippen molar-refractivity contribution in [3.63, 3.8) is 0 Å². The summed E-state index contributed by atoms with van der Waals surface area (Å²) < 4.78 is 30.5. The molecule has 0 saturated carbocycles. The predicted octanol–water partition coefficient (Wildman–Crippen LogP) is 0.374. The topological polar surface area (TPSA) is 83.0 Å². The molecule has 2 aliphatic heterocycles. The molecular weight excluding hydrogens is 419 g/mol. The Hall–Kier alpha value is -0.130. The number of aliphatic imine (C=N–C) groups is 1. The molecule has 2 rings (SSSR count). The van der Waals surface area contributed by atoms with Crippen LogP contribution in [0.5, 0.6) is 0 Å². The predicted molar refractivity (Wildman–Crippen MR) is 98.3 cm³/mol. The Morgan fingerprint density at radius 2 is 2.18 bits per heavy atom. The minimum atomic E-state index is -3.01. The van der Waals surface area contributed by atoms with Gasteiger partial charge in [-0.2, -0.15) is 0 Å². The van der Waals surface area contributed by atoms with Crippen molar-refractivity contribution in [2.24, 2.45) is 4.99 Å². The summed E-state index contributed by atoms with van der Waals surface area (Å²) in [7, 11) is -3.01. The van der Waals surface area contributed by atoms with Crippen LogP contribution >= 0.6 is 24.0 Å². The normalized spacial score (nSPS) is 25.0. The highest BCUT2D eigenvalue weighted by Crippen LogP contribution is 2.12. The van der Waals surface area contributed by atoms with Crippen molar-refractivity contribution in [3.8, 4) is 0 Å². The number of ether oxygens (including phenoxy) is 1. The Morgan fingerprint density at radius 3 is 2.77 bits per heavy atom. The van der Waals surface area contributed by atoms with Gasteiger partial charge in [-0.25, -0.2) is 12.7 Å². The van der Waals surface area contributed by atoms with Crippen molar-refractivity contribution >= 4 is 40.0 Å². The first-order valence-corrected chi connectivity index (χ1v) is 9.34. The summed E-state index contributed by atoms with van der Waals surface area (Å²) in [5.41, 5.74) is 0. The molecule has 0 aromatic rings. The van der Waals surface area contributed by atoms with Crippen LogP contribution in [0.25, 0.3) is 0 Å². The molecule has 0 spiro atoms. The number of hydrogen-bond acceptors (Lipinski definition) is 4. The quantitative estimate of drug-likeness (QED) is 0.350. The summed E-state index contributed by atoms with van der Waals surface area (Å²) in [5.74, 6) is 1.00. The van der Waals surface area contributed by atoms with Gasteiger partial charge >= 0.3 is 0 Å². The fourth-order valence-corrected chi connectivity index (χ4v) is 4.09. The molecule has 0 amide bonds. The van der Waals surface area contributed by atoms with Crippen LogP contribution in [0, 0.1) is 0 Å². The van der Waals surface area contributed by atoms with Gasteiger partial charge in [0.2, 0.25) is 10.0 Å². The molecule has 2 fully saturated rings. The summed E-state index contributed by atoms with van der Waals surface area (Å²) in [6.45, 7) is 5.96. The number of halogens is 1. The number of hydrogen-bond donors (Lipinski definition) is 2. The molecule has 1 atom stereocenters. The Morgan fingerprint density at radius 1 is 1.36 bits per heavy atom. The molecule has 1 unspecified atom stereocenters. The van der Waals surface area contributed by atoms with Crippen LogP contribution in [0.1, 0.15) is 26.2 Å². The second-order valence-corrected chi connectivity index (χ2v) is 7.44. The lowest BCUT2D eigenvalue weighted by Crippen LogP contribution is -2.42. The number of nitrogens with zero attached hydrogens (tertiary/aromatic N) is 2. The van der Waals surface area contributed by atoms with Crippen molar-refractivity contribution in [2.75, 3.05) is 45.1 Å². The molecule has 22 heavy (non-hydrogen) atoms. The molecule has 130 valence electrons. The molecule has 2 saturated heterocycles. The molecule has 2 aliphatic rings. The highest BCUT2D eigenvalue weighted by Gasteiger charge is 2.27. The summed E-state index contributed by atoms with van der Waals surface area (Å²) in [6, 6.07) is 0. The lowest BCUT2D eigenvalue weighted by Gasteiger charge is -2.17. The highest BCUT2D eigenvalue weighted by molar-refractivity contribution is 14.0. The fourth-order valence-electron chi connectivity index (χ4n) is 2.56. The third-order valence-corrected chi connectivity index (χ3v) is 5.63. The molecule has 2 N–H and O–H groups in total. The Balaban J connectivity index is 0.00000242. The molecule has 0 aromatic carbocycles. The van der Waals surface area contributed by atoms with Crippen LogP contribution in [0.3, 0.4) is 0 Å². The average Bonchev–Trinajstić information content (AvgIpc) is 3.06. The lowest BCUT2D eigenvalue weighted by atomic mass is 10.2. The fraction of sp³-hybridized carbons (Fsp3) is 0.923. The molecule has 9 heteroatoms. The third kappa shape index (κ3) is 6.17. The van der Waals surface area contributed by atoms with E-state index in [2.05, 4.69) is 15.6 Å². The van der Waals surface area contributed by atoms with Gasteiger partial charge in [0.25, 0.3) is 0 Å². The van der Waals surface area contributed by atoms with Gasteiger partial charge in [-0.05, 0) is 26.2 Å². The van der Waals surface area contributed by atoms with Crippen molar-refractivity contribution in [2.45, 2.75) is 32.3 Å². The smallest absolute Gasteiger partial charge is 0.214 e. The van der Waals surface area contributed by atoms with Crippen molar-refractivity contribution in [1.82, 2.24) is 14.9 Å². The summed E-state index contributed by atoms with van der Waals surface area (Å²) in [5, 5.41) is 6.35. The van der Waals surface area contributed by atoms with Gasteiger partial charge in [0.15, 0.2) is 5.96 Å². The molecule has 0 bridgehead atoms. The zero-order valence-corrected chi connectivity index (χ0v) is 16.2. The van der Waals surface area contributed by atoms with E-state index in [-0.39, 0.29) is 35.8 Å². The third-order valence-electron chi connectivity index (χ3n) is 3.68. The van der Waals surface area contributed by atoms with Gasteiger partial charge in [-0.3, -0.25) is 4.99 Å². The molecule has 0 aliphatic carbocycles. The first-order valence-electron chi connectivity index (χ1n) is 7.73. The van der Waals surface area contributed by atoms with E-state index in [4.69, 9.17) is 4.74 Å². The van der Waals surface area contributed by atoms with E-state index in [1.807, 2.05) is 6.92 Å². The highest BCUT2D eigenvalue weighted by atomic mass is 127. The van der Waals surface area contributed by atoms with Gasteiger partial charge in [0.05, 0.1) is 18.4 Å². The van der Waals surface area contributed by atoms with E-state index in [0.717, 1.165) is 38.4 Å². The Bertz CT molecular complexity index is 452. The minimum absolute atomic E-state index is 0. The van der Waals surface area contributed by atoms with Crippen molar-refractivity contribution < 1.29 is 13.2 Å². The largest absolute Gasteiger partial charge is 0.376 e. The molecule has 0 radical (unpaired) electrons. The molecular formula is C13H27IN4O3S. The zero-order valence-electron chi connectivity index (χ0n) is 13.1. The molecule has 2 heterocycles. The first-order chi connectivity index (χ1) is 10.1. The van der Waals surface area contributed by atoms with E-state index in [1.165, 1.54) is 0 Å². The van der Waals surface area contributed by atoms with E-state index in [9.17, 15) is 8.42 Å². The van der Waals surface area contributed by atoms with E-state index < -0.39 is 10.0 Å². The Kier molecular flexibility index (Phi) is 8.95. The summed E-state index contributed by atoms with van der Waals surface area (Å²) >= 11 is 0. The van der Waals surface area contributed by atoms with Crippen molar-refractivity contribution in [1.29, 1.82) is 0 Å². The summed E-state index contributed by atoms with van der Waals surface area (Å²) in [6.07, 6.45) is 3.13. The number of nitrogens with one attached hydrogen (secondary N) is 2. The zero-order chi connectivity index (χ0) is 15.1. The second-order valence-electron chi connectivity index (χ2n) is 5.35. The SMILES string of the molecule is CCNC(=NCC1CCCO1)NCCN1CCCS1(=O)=O.I. The molecule has 7 nitrogen and oxygen atoms in total. The summed E-state index contributed by atoms with van der Waals surface area (Å²) in [4.78, 5) is 4.50. The minimum Gasteiger partial charge on any atom is -0.376 e. The van der Waals surface area contributed by atoms with Gasteiger partial charge in [-0.1, -0.05) is 0 Å². The Labute approximate surface area is 150 Å². The van der Waals surface area contributed by atoms with Crippen LogP contribution in [0.4, 0.5) is 0 Å². The van der Waals surface area contributed by atoms with E-state index in [0.29, 0.717) is 26.2 Å². The van der Waals surface area contributed by atoms with Crippen LogP contribution < -0.4 is 10.6 Å². The maximum atomic E-state index is 11.7. The monoisotopic (exact) mass is 446 g/mol. The van der Waals surface area contributed by atoms with Gasteiger partial charge < -0.3 is 15.4 Å². The van der Waals surface area contributed by atoms with Crippen LogP contribution in [-0.4, -0.2) is 69.9 Å². The molecule has 0 aromatic heterocycles. The van der Waals surface area contributed by atoms with Gasteiger partial charge in [0, 0.05) is 32.8 Å². The number of rotatable bonds is 6. The average molecular weight is 446 g/mol. The maximum Gasteiger partial charge on any atom is 0.214 e. The maximum absolute atomic E-state index is 11.7. The first kappa shape index (κ1) is 19.9. The van der Waals surface area contributed by atoms with Crippen LogP contribution in [0.15, 0.2) is 4.99 Å². The number of guanidine groups is 1. The van der Waals surface area contributed by atoms with Gasteiger partial charge in [-0.15, -0.1) is 24.0 Å². The standard InChI is InChI=1S/C13H26N4O3S.HI/c1-2-14-13(16-11-12-5-3-9-20-12)15-6-8-17-7-4-10-21(17,18)19;/h12H,2-11H2,1H3,(H2,14,15,16);1H. The lowest BCUT2D eigenvalue weighted by molar-refractivity contribution is 0.117. The van der Waals surface area contributed by atoms with E-state index >= 15 is 0 Å². The van der Waals surface area contributed by atoms with Crippen molar-refractivity contribution in [3.05, 3.63) is 0 Å². The number of sulfonamides is 1. The second kappa shape index (κ2) is 9.89. The van der Waals surface area contributed by atoms with E-state index in [1.54, 1.807) is 4.31 Å².